The van der Waals surface area contributed by atoms with Gasteiger partial charge in [0.1, 0.15) is 5.82 Å². The van der Waals surface area contributed by atoms with E-state index in [0.29, 0.717) is 36.5 Å². The van der Waals surface area contributed by atoms with Crippen molar-refractivity contribution in [2.45, 2.75) is 26.3 Å². The van der Waals surface area contributed by atoms with Crippen molar-refractivity contribution in [2.24, 2.45) is 0 Å². The molecule has 30 heavy (non-hydrogen) atoms. The fraction of sp³-hybridized carbons (Fsp3) is 0.227. The van der Waals surface area contributed by atoms with Gasteiger partial charge in [0.05, 0.1) is 22.7 Å². The number of hydrogen-bond acceptors (Lipinski definition) is 5. The van der Waals surface area contributed by atoms with Crippen LogP contribution in [0.5, 0.6) is 0 Å². The summed E-state index contributed by atoms with van der Waals surface area (Å²) in [5.41, 5.74) is 3.22. The number of nitro benzene ring substituents is 1. The first kappa shape index (κ1) is 19.5. The smallest absolute Gasteiger partial charge is 0.270 e. The monoisotopic (exact) mass is 404 g/mol. The molecular weight excluding hydrogens is 384 g/mol. The van der Waals surface area contributed by atoms with Gasteiger partial charge in [-0.3, -0.25) is 19.7 Å². The maximum absolute atomic E-state index is 12.8. The van der Waals surface area contributed by atoms with Gasteiger partial charge in [0, 0.05) is 37.1 Å². The summed E-state index contributed by atoms with van der Waals surface area (Å²) >= 11 is 0. The summed E-state index contributed by atoms with van der Waals surface area (Å²) in [5.74, 6) is 0.258. The number of non-ortho nitro benzene ring substituents is 1. The average molecular weight is 404 g/mol. The number of carbonyl (C=O) groups excluding carboxylic acids is 1. The molecule has 8 heteroatoms. The van der Waals surface area contributed by atoms with Gasteiger partial charge in [-0.2, -0.15) is 0 Å². The van der Waals surface area contributed by atoms with Crippen LogP contribution in [0, 0.1) is 17.0 Å². The molecule has 0 atom stereocenters. The van der Waals surface area contributed by atoms with E-state index in [9.17, 15) is 19.7 Å². The number of nitro groups is 1. The van der Waals surface area contributed by atoms with Crippen molar-refractivity contribution in [2.75, 3.05) is 6.54 Å². The van der Waals surface area contributed by atoms with Crippen molar-refractivity contribution in [1.29, 1.82) is 0 Å². The van der Waals surface area contributed by atoms with E-state index in [4.69, 9.17) is 0 Å². The van der Waals surface area contributed by atoms with Crippen LogP contribution in [0.15, 0.2) is 53.3 Å². The van der Waals surface area contributed by atoms with Crippen LogP contribution in [0.3, 0.4) is 0 Å². The topological polar surface area (TPSA) is 109 Å². The van der Waals surface area contributed by atoms with Gasteiger partial charge >= 0.3 is 0 Å². The van der Waals surface area contributed by atoms with Gasteiger partial charge in [0.2, 0.25) is 0 Å². The minimum absolute atomic E-state index is 0.129. The number of nitrogens with one attached hydrogen (secondary N) is 1. The molecule has 3 aromatic rings. The lowest BCUT2D eigenvalue weighted by molar-refractivity contribution is -0.384. The van der Waals surface area contributed by atoms with Crippen LogP contribution < -0.4 is 5.56 Å². The van der Waals surface area contributed by atoms with Gasteiger partial charge in [-0.05, 0) is 18.6 Å². The molecule has 2 aromatic carbocycles. The molecule has 1 aliphatic rings. The molecule has 152 valence electrons. The Labute approximate surface area is 172 Å². The molecule has 0 aliphatic carbocycles. The second-order valence-electron chi connectivity index (χ2n) is 7.38. The molecule has 0 saturated carbocycles. The van der Waals surface area contributed by atoms with Crippen molar-refractivity contribution in [3.8, 4) is 0 Å². The van der Waals surface area contributed by atoms with Crippen LogP contribution in [0.4, 0.5) is 5.69 Å². The number of aromatic amines is 1. The van der Waals surface area contributed by atoms with Gasteiger partial charge in [-0.15, -0.1) is 0 Å². The Kier molecular flexibility index (Phi) is 5.14. The number of amides is 1. The van der Waals surface area contributed by atoms with E-state index in [1.165, 1.54) is 34.7 Å². The van der Waals surface area contributed by atoms with Gasteiger partial charge in [-0.1, -0.05) is 35.9 Å². The fourth-order valence-electron chi connectivity index (χ4n) is 3.57. The molecule has 0 spiro atoms. The molecule has 0 saturated heterocycles. The summed E-state index contributed by atoms with van der Waals surface area (Å²) in [5, 5.41) is 11.0. The molecule has 4 rings (SSSR count). The predicted molar refractivity (Wildman–Crippen MR) is 110 cm³/mol. The molecule has 2 heterocycles. The van der Waals surface area contributed by atoms with Gasteiger partial charge in [0.25, 0.3) is 17.2 Å². The van der Waals surface area contributed by atoms with Crippen LogP contribution in [0.1, 0.15) is 38.6 Å². The molecule has 0 bridgehead atoms. The van der Waals surface area contributed by atoms with E-state index in [2.05, 4.69) is 9.97 Å². The maximum atomic E-state index is 12.8. The first-order valence-electron chi connectivity index (χ1n) is 9.61. The normalized spacial score (nSPS) is 13.0. The summed E-state index contributed by atoms with van der Waals surface area (Å²) in [6.45, 7) is 2.54. The fourth-order valence-corrected chi connectivity index (χ4v) is 3.57. The van der Waals surface area contributed by atoms with E-state index < -0.39 is 4.92 Å². The molecule has 1 N–H and O–H groups in total. The number of fused-ring (bicyclic) bond motifs is 1. The number of rotatable bonds is 4. The standard InChI is InChI=1S/C22H20N4O4/c1-14-5-7-15(8-6-14)11-20-23-19-9-10-25(13-18(19)21(27)24-20)22(28)16-3-2-4-17(12-16)26(29)30/h2-8,12H,9-11,13H2,1H3,(H,23,24,27). The quantitative estimate of drug-likeness (QED) is 0.531. The van der Waals surface area contributed by atoms with Crippen molar-refractivity contribution >= 4 is 11.6 Å². The van der Waals surface area contributed by atoms with Gasteiger partial charge in [-0.25, -0.2) is 4.98 Å². The van der Waals surface area contributed by atoms with E-state index in [1.54, 1.807) is 0 Å². The Bertz CT molecular complexity index is 1180. The molecule has 1 amide bonds. The molecule has 1 aliphatic heterocycles. The maximum Gasteiger partial charge on any atom is 0.270 e. The average Bonchev–Trinajstić information content (AvgIpc) is 2.75. The van der Waals surface area contributed by atoms with Gasteiger partial charge < -0.3 is 9.88 Å². The zero-order chi connectivity index (χ0) is 21.3. The van der Waals surface area contributed by atoms with Gasteiger partial charge in [0.15, 0.2) is 0 Å². The number of aryl methyl sites for hydroxylation is 1. The molecule has 0 radical (unpaired) electrons. The van der Waals surface area contributed by atoms with Crippen molar-refractivity contribution in [3.63, 3.8) is 0 Å². The molecule has 8 nitrogen and oxygen atoms in total. The largest absolute Gasteiger partial charge is 0.334 e. The highest BCUT2D eigenvalue weighted by atomic mass is 16.6. The Hall–Kier alpha value is -3.81. The molecular formula is C22H20N4O4. The van der Waals surface area contributed by atoms with E-state index in [-0.39, 0.29) is 29.3 Å². The second-order valence-corrected chi connectivity index (χ2v) is 7.38. The summed E-state index contributed by atoms with van der Waals surface area (Å²) in [6, 6.07) is 13.7. The minimum atomic E-state index is -0.535. The predicted octanol–water partition coefficient (Wildman–Crippen LogP) is 2.78. The Morgan fingerprint density at radius 2 is 2.00 bits per heavy atom. The molecule has 0 unspecified atom stereocenters. The molecule has 1 aromatic heterocycles. The lowest BCUT2D eigenvalue weighted by Gasteiger charge is -2.28. The molecule has 0 fully saturated rings. The van der Waals surface area contributed by atoms with Crippen LogP contribution in [0.25, 0.3) is 0 Å². The van der Waals surface area contributed by atoms with Crippen LogP contribution in [-0.4, -0.2) is 32.2 Å². The number of hydrogen-bond donors (Lipinski definition) is 1. The third-order valence-electron chi connectivity index (χ3n) is 5.20. The first-order chi connectivity index (χ1) is 14.4. The third-order valence-corrected chi connectivity index (χ3v) is 5.20. The van der Waals surface area contributed by atoms with Crippen LogP contribution >= 0.6 is 0 Å². The summed E-state index contributed by atoms with van der Waals surface area (Å²) in [4.78, 5) is 44.9. The van der Waals surface area contributed by atoms with E-state index in [0.717, 1.165) is 5.56 Å². The second kappa shape index (κ2) is 7.90. The Morgan fingerprint density at radius 3 is 2.73 bits per heavy atom. The first-order valence-corrected chi connectivity index (χ1v) is 9.61. The minimum Gasteiger partial charge on any atom is -0.334 e. The SMILES string of the molecule is Cc1ccc(Cc2nc3c(c(=O)[nH]2)CN(C(=O)c2cccc([N+](=O)[O-])c2)CC3)cc1. The van der Waals surface area contributed by atoms with Crippen LogP contribution in [0.2, 0.25) is 0 Å². The highest BCUT2D eigenvalue weighted by Crippen LogP contribution is 2.20. The van der Waals surface area contributed by atoms with Crippen LogP contribution in [-0.2, 0) is 19.4 Å². The number of H-pyrrole nitrogens is 1. The summed E-state index contributed by atoms with van der Waals surface area (Å²) in [7, 11) is 0. The zero-order valence-corrected chi connectivity index (χ0v) is 16.4. The number of aromatic nitrogens is 2. The summed E-state index contributed by atoms with van der Waals surface area (Å²) in [6.07, 6.45) is 0.986. The Morgan fingerprint density at radius 1 is 1.23 bits per heavy atom. The zero-order valence-electron chi connectivity index (χ0n) is 16.4. The van der Waals surface area contributed by atoms with Crippen molar-refractivity contribution < 1.29 is 9.72 Å². The Balaban J connectivity index is 1.55. The third kappa shape index (κ3) is 3.98. The van der Waals surface area contributed by atoms with Crippen molar-refractivity contribution in [3.05, 3.63) is 103 Å². The van der Waals surface area contributed by atoms with Crippen molar-refractivity contribution in [1.82, 2.24) is 14.9 Å². The highest BCUT2D eigenvalue weighted by molar-refractivity contribution is 5.95. The lowest BCUT2D eigenvalue weighted by Crippen LogP contribution is -2.39. The number of carbonyl (C=O) groups is 1. The van der Waals surface area contributed by atoms with E-state index >= 15 is 0 Å². The van der Waals surface area contributed by atoms with E-state index in [1.807, 2.05) is 31.2 Å². The lowest BCUT2D eigenvalue weighted by atomic mass is 10.0. The summed E-state index contributed by atoms with van der Waals surface area (Å²) < 4.78 is 0. The highest BCUT2D eigenvalue weighted by Gasteiger charge is 2.26. The number of benzene rings is 2. The number of nitrogens with zero attached hydrogens (tertiary/aromatic N) is 3.